The largest absolute Gasteiger partial charge is 0.287 e. The molecular weight excluding hydrogens is 248 g/mol. The van der Waals surface area contributed by atoms with E-state index in [0.717, 1.165) is 24.1 Å². The van der Waals surface area contributed by atoms with Crippen LogP contribution in [0.3, 0.4) is 0 Å². The molecular formula is C17H21N2O+. The zero-order valence-corrected chi connectivity index (χ0v) is 12.0. The fourth-order valence-corrected chi connectivity index (χ4v) is 2.21. The van der Waals surface area contributed by atoms with Gasteiger partial charge in [-0.1, -0.05) is 50.1 Å². The summed E-state index contributed by atoms with van der Waals surface area (Å²) in [7, 11) is 0. The van der Waals surface area contributed by atoms with Crippen molar-refractivity contribution in [3.05, 3.63) is 60.2 Å². The zero-order chi connectivity index (χ0) is 14.2. The molecule has 1 heterocycles. The molecule has 3 heteroatoms. The van der Waals surface area contributed by atoms with Crippen molar-refractivity contribution >= 4 is 5.78 Å². The second-order valence-corrected chi connectivity index (χ2v) is 4.94. The molecule has 2 rings (SSSR count). The summed E-state index contributed by atoms with van der Waals surface area (Å²) in [6, 6.07) is 9.44. The highest BCUT2D eigenvalue weighted by Crippen LogP contribution is 2.03. The first-order chi connectivity index (χ1) is 9.81. The Labute approximate surface area is 120 Å². The molecule has 1 aromatic heterocycles. The van der Waals surface area contributed by atoms with Gasteiger partial charge in [0.2, 0.25) is 12.3 Å². The number of ketones is 1. The van der Waals surface area contributed by atoms with Gasteiger partial charge in [0, 0.05) is 12.0 Å². The monoisotopic (exact) mass is 269 g/mol. The van der Waals surface area contributed by atoms with Gasteiger partial charge < -0.3 is 0 Å². The van der Waals surface area contributed by atoms with Gasteiger partial charge in [0.1, 0.15) is 0 Å². The van der Waals surface area contributed by atoms with Crippen LogP contribution >= 0.6 is 0 Å². The molecule has 0 fully saturated rings. The van der Waals surface area contributed by atoms with Crippen LogP contribution in [0.4, 0.5) is 0 Å². The van der Waals surface area contributed by atoms with Gasteiger partial charge in [-0.3, -0.25) is 9.78 Å². The second kappa shape index (κ2) is 7.53. The Morgan fingerprint density at radius 3 is 2.75 bits per heavy atom. The molecule has 0 saturated carbocycles. The van der Waals surface area contributed by atoms with E-state index < -0.39 is 0 Å². The van der Waals surface area contributed by atoms with Crippen molar-refractivity contribution in [2.45, 2.75) is 39.2 Å². The van der Waals surface area contributed by atoms with Gasteiger partial charge in [0.25, 0.3) is 0 Å². The van der Waals surface area contributed by atoms with Gasteiger partial charge in [0.05, 0.1) is 12.4 Å². The van der Waals surface area contributed by atoms with Crippen molar-refractivity contribution in [1.82, 2.24) is 4.98 Å². The normalized spacial score (nSPS) is 10.4. The maximum Gasteiger partial charge on any atom is 0.227 e. The minimum absolute atomic E-state index is 0.138. The highest BCUT2D eigenvalue weighted by atomic mass is 16.1. The summed E-state index contributed by atoms with van der Waals surface area (Å²) in [6.07, 6.45) is 10.0. The molecule has 0 radical (unpaired) electrons. The molecule has 0 atom stereocenters. The van der Waals surface area contributed by atoms with Crippen LogP contribution < -0.4 is 4.57 Å². The van der Waals surface area contributed by atoms with E-state index in [2.05, 4.69) is 11.9 Å². The molecule has 0 aliphatic rings. The number of Topliss-reactive ketones (excluding diaryl/α,β-unsaturated/α-hetero) is 1. The highest BCUT2D eigenvalue weighted by molar-refractivity contribution is 5.94. The summed E-state index contributed by atoms with van der Waals surface area (Å²) in [5.41, 5.74) is 1.89. The lowest BCUT2D eigenvalue weighted by molar-refractivity contribution is -0.691. The molecule has 2 aromatic rings. The molecule has 0 aliphatic heterocycles. The van der Waals surface area contributed by atoms with Crippen LogP contribution in [0, 0.1) is 0 Å². The number of carbonyl (C=O) groups excluding carboxylic acids is 1. The molecule has 0 unspecified atom stereocenters. The zero-order valence-electron chi connectivity index (χ0n) is 12.0. The molecule has 0 amide bonds. The van der Waals surface area contributed by atoms with Crippen LogP contribution in [0.25, 0.3) is 0 Å². The lowest BCUT2D eigenvalue weighted by atomic mass is 10.1. The third-order valence-corrected chi connectivity index (χ3v) is 3.37. The smallest absolute Gasteiger partial charge is 0.227 e. The second-order valence-electron chi connectivity index (χ2n) is 4.94. The first kappa shape index (κ1) is 14.4. The van der Waals surface area contributed by atoms with Gasteiger partial charge in [0.15, 0.2) is 11.9 Å². The Morgan fingerprint density at radius 2 is 2.00 bits per heavy atom. The third kappa shape index (κ3) is 3.98. The van der Waals surface area contributed by atoms with Gasteiger partial charge in [-0.2, -0.15) is 4.57 Å². The Kier molecular flexibility index (Phi) is 5.42. The molecule has 20 heavy (non-hydrogen) atoms. The van der Waals surface area contributed by atoms with E-state index in [0.29, 0.717) is 6.54 Å². The van der Waals surface area contributed by atoms with Crippen molar-refractivity contribution in [2.75, 3.05) is 0 Å². The SMILES string of the molecule is CCCCCc1cncc[n+]1CC(=O)c1ccccc1. The number of carbonyl (C=O) groups is 1. The lowest BCUT2D eigenvalue weighted by Gasteiger charge is -2.03. The van der Waals surface area contributed by atoms with Crippen LogP contribution in [-0.2, 0) is 13.0 Å². The molecule has 0 bridgehead atoms. The van der Waals surface area contributed by atoms with Crippen molar-refractivity contribution in [2.24, 2.45) is 0 Å². The van der Waals surface area contributed by atoms with E-state index >= 15 is 0 Å². The summed E-state index contributed by atoms with van der Waals surface area (Å²) in [6.45, 7) is 2.57. The minimum atomic E-state index is 0.138. The fraction of sp³-hybridized carbons (Fsp3) is 0.353. The molecule has 0 saturated heterocycles. The van der Waals surface area contributed by atoms with Crippen LogP contribution in [-0.4, -0.2) is 10.8 Å². The standard InChI is InChI=1S/C17H21N2O/c1-2-3-5-10-16-13-18-11-12-19(16)14-17(20)15-8-6-4-7-9-15/h4,6-9,11-13H,2-3,5,10,14H2,1H3/q+1. The fourth-order valence-electron chi connectivity index (χ4n) is 2.21. The van der Waals surface area contributed by atoms with E-state index in [4.69, 9.17) is 0 Å². The van der Waals surface area contributed by atoms with Gasteiger partial charge in [-0.25, -0.2) is 0 Å². The Morgan fingerprint density at radius 1 is 1.20 bits per heavy atom. The number of rotatable bonds is 7. The van der Waals surface area contributed by atoms with Crippen molar-refractivity contribution in [3.63, 3.8) is 0 Å². The molecule has 1 aromatic carbocycles. The van der Waals surface area contributed by atoms with Crippen molar-refractivity contribution in [3.8, 4) is 0 Å². The number of benzene rings is 1. The summed E-state index contributed by atoms with van der Waals surface area (Å²) >= 11 is 0. The van der Waals surface area contributed by atoms with Crippen molar-refractivity contribution in [1.29, 1.82) is 0 Å². The van der Waals surface area contributed by atoms with Gasteiger partial charge in [-0.05, 0) is 6.42 Å². The molecule has 0 spiro atoms. The summed E-state index contributed by atoms with van der Waals surface area (Å²) in [4.78, 5) is 16.4. The Bertz CT molecular complexity index is 552. The third-order valence-electron chi connectivity index (χ3n) is 3.37. The van der Waals surface area contributed by atoms with E-state index in [9.17, 15) is 4.79 Å². The van der Waals surface area contributed by atoms with Crippen LogP contribution in [0.2, 0.25) is 0 Å². The predicted octanol–water partition coefficient (Wildman–Crippen LogP) is 2.98. The number of unbranched alkanes of at least 4 members (excludes halogenated alkanes) is 2. The lowest BCUT2D eigenvalue weighted by Crippen LogP contribution is -2.41. The van der Waals surface area contributed by atoms with Gasteiger partial charge in [-0.15, -0.1) is 0 Å². The number of aromatic nitrogens is 2. The molecule has 0 N–H and O–H groups in total. The number of nitrogens with zero attached hydrogens (tertiary/aromatic N) is 2. The van der Waals surface area contributed by atoms with Crippen LogP contribution in [0.15, 0.2) is 48.9 Å². The van der Waals surface area contributed by atoms with E-state index in [1.54, 1.807) is 6.20 Å². The average molecular weight is 269 g/mol. The maximum absolute atomic E-state index is 12.3. The van der Waals surface area contributed by atoms with Crippen LogP contribution in [0.1, 0.15) is 42.2 Å². The Balaban J connectivity index is 2.07. The van der Waals surface area contributed by atoms with Gasteiger partial charge >= 0.3 is 0 Å². The summed E-state index contributed by atoms with van der Waals surface area (Å²) in [5.74, 6) is 0.138. The number of aryl methyl sites for hydroxylation is 1. The maximum atomic E-state index is 12.3. The molecule has 3 nitrogen and oxygen atoms in total. The van der Waals surface area contributed by atoms with E-state index in [1.807, 2.05) is 47.3 Å². The summed E-state index contributed by atoms with van der Waals surface area (Å²) in [5, 5.41) is 0. The topological polar surface area (TPSA) is 33.8 Å². The Hall–Kier alpha value is -2.03. The predicted molar refractivity (Wildman–Crippen MR) is 78.4 cm³/mol. The van der Waals surface area contributed by atoms with E-state index in [-0.39, 0.29) is 5.78 Å². The van der Waals surface area contributed by atoms with E-state index in [1.165, 1.54) is 12.8 Å². The van der Waals surface area contributed by atoms with Crippen molar-refractivity contribution < 1.29 is 9.36 Å². The number of hydrogen-bond acceptors (Lipinski definition) is 2. The highest BCUT2D eigenvalue weighted by Gasteiger charge is 2.15. The quantitative estimate of drug-likeness (QED) is 0.440. The molecule has 104 valence electrons. The summed E-state index contributed by atoms with van der Waals surface area (Å²) < 4.78 is 2.01. The first-order valence-electron chi connectivity index (χ1n) is 7.22. The average Bonchev–Trinajstić information content (AvgIpc) is 2.50. The number of hydrogen-bond donors (Lipinski definition) is 0. The molecule has 0 aliphatic carbocycles. The first-order valence-corrected chi connectivity index (χ1v) is 7.22. The van der Waals surface area contributed by atoms with Crippen LogP contribution in [0.5, 0.6) is 0 Å². The minimum Gasteiger partial charge on any atom is -0.287 e.